The van der Waals surface area contributed by atoms with Gasteiger partial charge in [0.05, 0.1) is 13.2 Å². The maximum Gasteiger partial charge on any atom is 0.225 e. The molecular weight excluding hydrogens is 190 g/mol. The molecule has 0 saturated carbocycles. The maximum atomic E-state index is 5.30. The van der Waals surface area contributed by atoms with E-state index in [1.165, 1.54) is 0 Å². The first kappa shape index (κ1) is 10.4. The zero-order chi connectivity index (χ0) is 10.7. The molecule has 15 heavy (non-hydrogen) atoms. The van der Waals surface area contributed by atoms with Crippen LogP contribution >= 0.6 is 0 Å². The minimum absolute atomic E-state index is 0.452. The summed E-state index contributed by atoms with van der Waals surface area (Å²) < 4.78 is 5.30. The molecule has 1 aromatic rings. The average Bonchev–Trinajstić information content (AvgIpc) is 2.30. The minimum Gasteiger partial charge on any atom is -0.378 e. The van der Waals surface area contributed by atoms with Crippen molar-refractivity contribution in [3.63, 3.8) is 0 Å². The number of aromatic nitrogens is 2. The Morgan fingerprint density at radius 2 is 2.07 bits per heavy atom. The van der Waals surface area contributed by atoms with E-state index in [0.717, 1.165) is 37.9 Å². The van der Waals surface area contributed by atoms with Crippen molar-refractivity contribution < 1.29 is 4.74 Å². The van der Waals surface area contributed by atoms with Crippen LogP contribution in [-0.2, 0) is 4.74 Å². The predicted molar refractivity (Wildman–Crippen MR) is 59.2 cm³/mol. The summed E-state index contributed by atoms with van der Waals surface area (Å²) in [6.07, 6.45) is 1.84. The van der Waals surface area contributed by atoms with Gasteiger partial charge in [-0.1, -0.05) is 13.8 Å². The van der Waals surface area contributed by atoms with E-state index in [4.69, 9.17) is 4.74 Å². The van der Waals surface area contributed by atoms with E-state index in [2.05, 4.69) is 28.7 Å². The van der Waals surface area contributed by atoms with E-state index in [-0.39, 0.29) is 0 Å². The topological polar surface area (TPSA) is 38.2 Å². The Balaban J connectivity index is 2.16. The molecule has 0 atom stereocenters. The molecule has 4 nitrogen and oxygen atoms in total. The van der Waals surface area contributed by atoms with Crippen molar-refractivity contribution in [3.8, 4) is 0 Å². The Labute approximate surface area is 90.3 Å². The second-order valence-corrected chi connectivity index (χ2v) is 4.04. The highest BCUT2D eigenvalue weighted by atomic mass is 16.5. The summed E-state index contributed by atoms with van der Waals surface area (Å²) in [5, 5.41) is 0. The molecule has 1 aliphatic heterocycles. The Hall–Kier alpha value is -1.16. The molecule has 0 spiro atoms. The van der Waals surface area contributed by atoms with E-state index in [1.807, 2.05) is 12.3 Å². The lowest BCUT2D eigenvalue weighted by Crippen LogP contribution is -2.37. The molecule has 0 amide bonds. The summed E-state index contributed by atoms with van der Waals surface area (Å²) in [6, 6.07) is 1.98. The van der Waals surface area contributed by atoms with Crippen LogP contribution in [0.5, 0.6) is 0 Å². The smallest absolute Gasteiger partial charge is 0.225 e. The first-order valence-corrected chi connectivity index (χ1v) is 5.43. The predicted octanol–water partition coefficient (Wildman–Crippen LogP) is 1.44. The van der Waals surface area contributed by atoms with Gasteiger partial charge in [-0.15, -0.1) is 0 Å². The Morgan fingerprint density at radius 1 is 1.33 bits per heavy atom. The van der Waals surface area contributed by atoms with Gasteiger partial charge in [-0.05, 0) is 12.0 Å². The van der Waals surface area contributed by atoms with E-state index >= 15 is 0 Å². The molecule has 2 rings (SSSR count). The number of anilines is 1. The van der Waals surface area contributed by atoms with E-state index < -0.39 is 0 Å². The molecule has 0 radical (unpaired) electrons. The lowest BCUT2D eigenvalue weighted by molar-refractivity contribution is 0.122. The third kappa shape index (κ3) is 2.45. The molecule has 1 aromatic heterocycles. The Kier molecular flexibility index (Phi) is 3.16. The van der Waals surface area contributed by atoms with E-state index in [0.29, 0.717) is 5.92 Å². The zero-order valence-corrected chi connectivity index (χ0v) is 9.31. The van der Waals surface area contributed by atoms with Crippen LogP contribution in [0, 0.1) is 0 Å². The van der Waals surface area contributed by atoms with Crippen molar-refractivity contribution >= 4 is 5.95 Å². The van der Waals surface area contributed by atoms with Gasteiger partial charge < -0.3 is 9.64 Å². The lowest BCUT2D eigenvalue weighted by atomic mass is 10.1. The summed E-state index contributed by atoms with van der Waals surface area (Å²) >= 11 is 0. The highest BCUT2D eigenvalue weighted by molar-refractivity contribution is 5.31. The summed E-state index contributed by atoms with van der Waals surface area (Å²) in [5.41, 5.74) is 1.10. The number of hydrogen-bond donors (Lipinski definition) is 0. The van der Waals surface area contributed by atoms with Gasteiger partial charge in [0.2, 0.25) is 5.95 Å². The van der Waals surface area contributed by atoms with Crippen molar-refractivity contribution in [3.05, 3.63) is 18.0 Å². The van der Waals surface area contributed by atoms with Gasteiger partial charge >= 0.3 is 0 Å². The van der Waals surface area contributed by atoms with Crippen LogP contribution in [0.25, 0.3) is 0 Å². The first-order chi connectivity index (χ1) is 7.27. The molecule has 1 aliphatic rings. The second kappa shape index (κ2) is 4.57. The van der Waals surface area contributed by atoms with Gasteiger partial charge in [0.1, 0.15) is 0 Å². The van der Waals surface area contributed by atoms with E-state index in [9.17, 15) is 0 Å². The first-order valence-electron chi connectivity index (χ1n) is 5.43. The number of morpholine rings is 1. The van der Waals surface area contributed by atoms with Gasteiger partial charge in [-0.25, -0.2) is 9.97 Å². The van der Waals surface area contributed by atoms with Gasteiger partial charge in [-0.3, -0.25) is 0 Å². The summed E-state index contributed by atoms with van der Waals surface area (Å²) in [5.74, 6) is 1.29. The third-order valence-corrected chi connectivity index (χ3v) is 2.55. The molecule has 4 heteroatoms. The van der Waals surface area contributed by atoms with Crippen molar-refractivity contribution in [2.75, 3.05) is 31.2 Å². The molecule has 1 saturated heterocycles. The SMILES string of the molecule is CC(C)c1ccnc(N2CCOCC2)n1. The van der Waals surface area contributed by atoms with Crippen LogP contribution in [0.3, 0.4) is 0 Å². The van der Waals surface area contributed by atoms with Gasteiger partial charge in [0.15, 0.2) is 0 Å². The molecule has 82 valence electrons. The molecule has 0 N–H and O–H groups in total. The highest BCUT2D eigenvalue weighted by Gasteiger charge is 2.14. The number of hydrogen-bond acceptors (Lipinski definition) is 4. The van der Waals surface area contributed by atoms with Crippen LogP contribution < -0.4 is 4.90 Å². The molecular formula is C11H17N3O. The van der Waals surface area contributed by atoms with Crippen LogP contribution in [0.1, 0.15) is 25.5 Å². The normalized spacial score (nSPS) is 17.1. The monoisotopic (exact) mass is 207 g/mol. The zero-order valence-electron chi connectivity index (χ0n) is 9.31. The van der Waals surface area contributed by atoms with Crippen LogP contribution in [-0.4, -0.2) is 36.3 Å². The maximum absolute atomic E-state index is 5.30. The van der Waals surface area contributed by atoms with Gasteiger partial charge in [-0.2, -0.15) is 0 Å². The lowest BCUT2D eigenvalue weighted by Gasteiger charge is -2.27. The van der Waals surface area contributed by atoms with Crippen LogP contribution in [0.15, 0.2) is 12.3 Å². The minimum atomic E-state index is 0.452. The fraction of sp³-hybridized carbons (Fsp3) is 0.636. The summed E-state index contributed by atoms with van der Waals surface area (Å²) in [4.78, 5) is 11.0. The fourth-order valence-corrected chi connectivity index (χ4v) is 1.60. The van der Waals surface area contributed by atoms with Gasteiger partial charge in [0.25, 0.3) is 0 Å². The highest BCUT2D eigenvalue weighted by Crippen LogP contribution is 2.15. The second-order valence-electron chi connectivity index (χ2n) is 4.04. The quantitative estimate of drug-likeness (QED) is 0.735. The van der Waals surface area contributed by atoms with Crippen molar-refractivity contribution in [1.82, 2.24) is 9.97 Å². The molecule has 0 bridgehead atoms. The molecule has 0 unspecified atom stereocenters. The largest absolute Gasteiger partial charge is 0.378 e. The molecule has 2 heterocycles. The van der Waals surface area contributed by atoms with Crippen LogP contribution in [0.2, 0.25) is 0 Å². The van der Waals surface area contributed by atoms with Gasteiger partial charge in [0, 0.05) is 25.0 Å². The molecule has 1 fully saturated rings. The van der Waals surface area contributed by atoms with Crippen molar-refractivity contribution in [2.45, 2.75) is 19.8 Å². The third-order valence-electron chi connectivity index (χ3n) is 2.55. The summed E-state index contributed by atoms with van der Waals surface area (Å²) in [7, 11) is 0. The number of rotatable bonds is 2. The number of nitrogens with zero attached hydrogens (tertiary/aromatic N) is 3. The molecule has 0 aliphatic carbocycles. The van der Waals surface area contributed by atoms with Crippen molar-refractivity contribution in [2.24, 2.45) is 0 Å². The average molecular weight is 207 g/mol. The van der Waals surface area contributed by atoms with Crippen molar-refractivity contribution in [1.29, 1.82) is 0 Å². The standard InChI is InChI=1S/C11H17N3O/c1-9(2)10-3-4-12-11(13-10)14-5-7-15-8-6-14/h3-4,9H,5-8H2,1-2H3. The Bertz CT molecular complexity index is 321. The molecule has 0 aromatic carbocycles. The fourth-order valence-electron chi connectivity index (χ4n) is 1.60. The Morgan fingerprint density at radius 3 is 2.73 bits per heavy atom. The summed E-state index contributed by atoms with van der Waals surface area (Å²) in [6.45, 7) is 7.62. The number of ether oxygens (including phenoxy) is 1. The van der Waals surface area contributed by atoms with Crippen LogP contribution in [0.4, 0.5) is 5.95 Å². The van der Waals surface area contributed by atoms with E-state index in [1.54, 1.807) is 0 Å².